The maximum absolute atomic E-state index is 5.89. The van der Waals surface area contributed by atoms with Gasteiger partial charge < -0.3 is 19.2 Å². The number of methoxy groups -OCH3 is 1. The summed E-state index contributed by atoms with van der Waals surface area (Å²) in [7, 11) is 1.69. The van der Waals surface area contributed by atoms with Crippen LogP contribution in [0.4, 0.5) is 0 Å². The van der Waals surface area contributed by atoms with Crippen LogP contribution < -0.4 is 5.32 Å². The Labute approximate surface area is 126 Å². The molecule has 4 nitrogen and oxygen atoms in total. The topological polar surface area (TPSA) is 43.6 Å². The van der Waals surface area contributed by atoms with Crippen molar-refractivity contribution in [2.75, 3.05) is 33.5 Å². The average molecular weight is 291 g/mol. The van der Waals surface area contributed by atoms with Crippen LogP contribution in [-0.2, 0) is 22.4 Å². The maximum Gasteiger partial charge on any atom is 0.134 e. The summed E-state index contributed by atoms with van der Waals surface area (Å²) in [6, 6.07) is 8.23. The Kier molecular flexibility index (Phi) is 6.73. The standard InChI is InChI=1S/C17H25NO3/c1-3-16-15(14-7-4-5-8-17(14)21-16)13-18-9-6-10-20-12-11-19-2/h4-5,7-8,18H,3,6,9-13H2,1-2H3. The van der Waals surface area contributed by atoms with Gasteiger partial charge in [-0.2, -0.15) is 0 Å². The first kappa shape index (κ1) is 16.0. The molecule has 1 aromatic carbocycles. The molecule has 1 heterocycles. The number of furan rings is 1. The van der Waals surface area contributed by atoms with Gasteiger partial charge in [-0.1, -0.05) is 25.1 Å². The van der Waals surface area contributed by atoms with Crippen molar-refractivity contribution in [3.63, 3.8) is 0 Å². The molecule has 1 N–H and O–H groups in total. The van der Waals surface area contributed by atoms with Gasteiger partial charge in [-0.25, -0.2) is 0 Å². The summed E-state index contributed by atoms with van der Waals surface area (Å²) in [6.45, 7) is 6.01. The van der Waals surface area contributed by atoms with Crippen molar-refractivity contribution < 1.29 is 13.9 Å². The average Bonchev–Trinajstić information content (AvgIpc) is 2.88. The molecule has 0 saturated heterocycles. The highest BCUT2D eigenvalue weighted by molar-refractivity contribution is 5.82. The number of ether oxygens (including phenoxy) is 2. The van der Waals surface area contributed by atoms with Gasteiger partial charge in [-0.05, 0) is 19.0 Å². The summed E-state index contributed by atoms with van der Waals surface area (Å²) in [5.41, 5.74) is 2.27. The zero-order chi connectivity index (χ0) is 14.9. The molecule has 0 bridgehead atoms. The zero-order valence-electron chi connectivity index (χ0n) is 13.0. The van der Waals surface area contributed by atoms with Crippen LogP contribution >= 0.6 is 0 Å². The molecule has 2 rings (SSSR count). The third-order valence-electron chi connectivity index (χ3n) is 3.48. The van der Waals surface area contributed by atoms with E-state index in [0.717, 1.165) is 43.9 Å². The van der Waals surface area contributed by atoms with Crippen molar-refractivity contribution in [2.45, 2.75) is 26.3 Å². The second kappa shape index (κ2) is 8.82. The fourth-order valence-electron chi connectivity index (χ4n) is 2.39. The minimum absolute atomic E-state index is 0.661. The van der Waals surface area contributed by atoms with Crippen molar-refractivity contribution in [1.82, 2.24) is 5.32 Å². The van der Waals surface area contributed by atoms with E-state index >= 15 is 0 Å². The van der Waals surface area contributed by atoms with Crippen molar-refractivity contribution in [1.29, 1.82) is 0 Å². The SMILES string of the molecule is CCc1oc2ccccc2c1CNCCCOCCOC. The van der Waals surface area contributed by atoms with Crippen LogP contribution in [0.5, 0.6) is 0 Å². The van der Waals surface area contributed by atoms with Crippen LogP contribution in [-0.4, -0.2) is 33.5 Å². The van der Waals surface area contributed by atoms with Gasteiger partial charge in [0.2, 0.25) is 0 Å². The van der Waals surface area contributed by atoms with E-state index in [-0.39, 0.29) is 0 Å². The van der Waals surface area contributed by atoms with Gasteiger partial charge in [0.15, 0.2) is 0 Å². The Morgan fingerprint density at radius 1 is 1.14 bits per heavy atom. The molecule has 0 unspecified atom stereocenters. The predicted octanol–water partition coefficient (Wildman–Crippen LogP) is 3.14. The Morgan fingerprint density at radius 3 is 2.81 bits per heavy atom. The smallest absolute Gasteiger partial charge is 0.134 e. The highest BCUT2D eigenvalue weighted by Crippen LogP contribution is 2.26. The van der Waals surface area contributed by atoms with Crippen LogP contribution in [0.3, 0.4) is 0 Å². The Balaban J connectivity index is 1.78. The number of nitrogens with one attached hydrogen (secondary N) is 1. The van der Waals surface area contributed by atoms with Gasteiger partial charge in [0.1, 0.15) is 11.3 Å². The van der Waals surface area contributed by atoms with E-state index in [1.165, 1.54) is 10.9 Å². The van der Waals surface area contributed by atoms with Crippen LogP contribution in [0.1, 0.15) is 24.7 Å². The van der Waals surface area contributed by atoms with E-state index < -0.39 is 0 Å². The van der Waals surface area contributed by atoms with E-state index in [4.69, 9.17) is 13.9 Å². The number of aryl methyl sites for hydroxylation is 1. The van der Waals surface area contributed by atoms with E-state index in [0.29, 0.717) is 13.2 Å². The first-order valence-corrected chi connectivity index (χ1v) is 7.63. The Morgan fingerprint density at radius 2 is 2.00 bits per heavy atom. The van der Waals surface area contributed by atoms with Crippen molar-refractivity contribution in [3.8, 4) is 0 Å². The Hall–Kier alpha value is -1.36. The molecule has 116 valence electrons. The maximum atomic E-state index is 5.89. The summed E-state index contributed by atoms with van der Waals surface area (Å²) in [6.07, 6.45) is 1.92. The largest absolute Gasteiger partial charge is 0.461 e. The molecule has 0 aliphatic heterocycles. The molecule has 0 aliphatic carbocycles. The molecule has 0 atom stereocenters. The molecule has 0 spiro atoms. The summed E-state index contributed by atoms with van der Waals surface area (Å²) < 4.78 is 16.3. The summed E-state index contributed by atoms with van der Waals surface area (Å²) in [5.74, 6) is 1.08. The zero-order valence-corrected chi connectivity index (χ0v) is 13.0. The molecule has 0 radical (unpaired) electrons. The number of para-hydroxylation sites is 1. The predicted molar refractivity (Wildman–Crippen MR) is 84.6 cm³/mol. The Bertz CT molecular complexity index is 536. The molecule has 21 heavy (non-hydrogen) atoms. The number of hydrogen-bond acceptors (Lipinski definition) is 4. The van der Waals surface area contributed by atoms with Gasteiger partial charge in [0.25, 0.3) is 0 Å². The van der Waals surface area contributed by atoms with Crippen LogP contribution in [0.2, 0.25) is 0 Å². The number of benzene rings is 1. The highest BCUT2D eigenvalue weighted by atomic mass is 16.5. The third kappa shape index (κ3) is 4.56. The quantitative estimate of drug-likeness (QED) is 0.683. The van der Waals surface area contributed by atoms with Crippen molar-refractivity contribution >= 4 is 11.0 Å². The number of rotatable bonds is 10. The van der Waals surface area contributed by atoms with E-state index in [2.05, 4.69) is 24.4 Å². The molecule has 0 fully saturated rings. The fraction of sp³-hybridized carbons (Fsp3) is 0.529. The molecular weight excluding hydrogens is 266 g/mol. The second-order valence-corrected chi connectivity index (χ2v) is 4.99. The first-order chi connectivity index (χ1) is 10.4. The van der Waals surface area contributed by atoms with Crippen LogP contribution in [0, 0.1) is 0 Å². The number of hydrogen-bond donors (Lipinski definition) is 1. The molecular formula is C17H25NO3. The monoisotopic (exact) mass is 291 g/mol. The fourth-order valence-corrected chi connectivity index (χ4v) is 2.39. The molecule has 0 amide bonds. The van der Waals surface area contributed by atoms with Crippen LogP contribution in [0.15, 0.2) is 28.7 Å². The van der Waals surface area contributed by atoms with Crippen molar-refractivity contribution in [3.05, 3.63) is 35.6 Å². The lowest BCUT2D eigenvalue weighted by Crippen LogP contribution is -2.17. The molecule has 0 saturated carbocycles. The lowest BCUT2D eigenvalue weighted by atomic mass is 10.1. The molecule has 1 aromatic heterocycles. The molecule has 2 aromatic rings. The van der Waals surface area contributed by atoms with Crippen molar-refractivity contribution in [2.24, 2.45) is 0 Å². The summed E-state index contributed by atoms with van der Waals surface area (Å²) in [5, 5.41) is 4.69. The van der Waals surface area contributed by atoms with Crippen LogP contribution in [0.25, 0.3) is 11.0 Å². The van der Waals surface area contributed by atoms with Gasteiger partial charge in [0.05, 0.1) is 13.2 Å². The van der Waals surface area contributed by atoms with E-state index in [9.17, 15) is 0 Å². The van der Waals surface area contributed by atoms with Gasteiger partial charge in [-0.3, -0.25) is 0 Å². The third-order valence-corrected chi connectivity index (χ3v) is 3.48. The lowest BCUT2D eigenvalue weighted by Gasteiger charge is -2.06. The lowest BCUT2D eigenvalue weighted by molar-refractivity contribution is 0.0695. The van der Waals surface area contributed by atoms with E-state index in [1.807, 2.05) is 12.1 Å². The summed E-state index contributed by atoms with van der Waals surface area (Å²) >= 11 is 0. The second-order valence-electron chi connectivity index (χ2n) is 4.99. The van der Waals surface area contributed by atoms with Gasteiger partial charge in [0, 0.05) is 37.6 Å². The van der Waals surface area contributed by atoms with Gasteiger partial charge in [-0.15, -0.1) is 0 Å². The first-order valence-electron chi connectivity index (χ1n) is 7.63. The number of fused-ring (bicyclic) bond motifs is 1. The molecule has 0 aliphatic rings. The normalized spacial score (nSPS) is 11.3. The highest BCUT2D eigenvalue weighted by Gasteiger charge is 2.11. The minimum Gasteiger partial charge on any atom is -0.461 e. The van der Waals surface area contributed by atoms with E-state index in [1.54, 1.807) is 7.11 Å². The molecule has 4 heteroatoms. The summed E-state index contributed by atoms with van der Waals surface area (Å²) in [4.78, 5) is 0. The minimum atomic E-state index is 0.661. The van der Waals surface area contributed by atoms with Gasteiger partial charge >= 0.3 is 0 Å².